The predicted molar refractivity (Wildman–Crippen MR) is 68.0 cm³/mol. The molecule has 1 nitrogen and oxygen atoms in total. The number of benzene rings is 1. The summed E-state index contributed by atoms with van der Waals surface area (Å²) in [5.74, 6) is 0. The first kappa shape index (κ1) is 12.7. The molecular formula is C13H19BrO. The summed E-state index contributed by atoms with van der Waals surface area (Å²) in [6, 6.07) is 8.27. The van der Waals surface area contributed by atoms with E-state index in [1.165, 1.54) is 5.56 Å². The van der Waals surface area contributed by atoms with Crippen LogP contribution in [-0.2, 0) is 4.74 Å². The van der Waals surface area contributed by atoms with Gasteiger partial charge in [-0.3, -0.25) is 0 Å². The molecule has 0 saturated carbocycles. The van der Waals surface area contributed by atoms with Gasteiger partial charge in [0.1, 0.15) is 0 Å². The van der Waals surface area contributed by atoms with Crippen LogP contribution in [-0.4, -0.2) is 6.61 Å². The zero-order valence-corrected chi connectivity index (χ0v) is 11.5. The minimum atomic E-state index is 0.154. The molecular weight excluding hydrogens is 252 g/mol. The summed E-state index contributed by atoms with van der Waals surface area (Å²) in [5, 5.41) is 0. The zero-order valence-electron chi connectivity index (χ0n) is 9.88. The van der Waals surface area contributed by atoms with E-state index in [1.54, 1.807) is 0 Å². The van der Waals surface area contributed by atoms with E-state index in [4.69, 9.17) is 4.74 Å². The normalized spacial score (nSPS) is 13.9. The van der Waals surface area contributed by atoms with E-state index in [0.717, 1.165) is 11.1 Å². The Morgan fingerprint density at radius 2 is 2.00 bits per heavy atom. The van der Waals surface area contributed by atoms with Crippen molar-refractivity contribution < 1.29 is 4.74 Å². The number of ether oxygens (including phenoxy) is 1. The molecule has 84 valence electrons. The van der Waals surface area contributed by atoms with Gasteiger partial charge in [-0.1, -0.05) is 48.8 Å². The van der Waals surface area contributed by atoms with Crippen molar-refractivity contribution in [2.45, 2.75) is 33.8 Å². The smallest absolute Gasteiger partial charge is 0.0797 e. The molecule has 0 amide bonds. The molecule has 1 atom stereocenters. The maximum atomic E-state index is 5.83. The van der Waals surface area contributed by atoms with Crippen LogP contribution in [0.15, 0.2) is 28.7 Å². The molecule has 0 aromatic heterocycles. The molecule has 0 spiro atoms. The second-order valence-electron chi connectivity index (χ2n) is 5.07. The fourth-order valence-corrected chi connectivity index (χ4v) is 1.65. The van der Waals surface area contributed by atoms with Crippen LogP contribution >= 0.6 is 15.9 Å². The highest BCUT2D eigenvalue weighted by molar-refractivity contribution is 9.10. The SMILES string of the molecule is CC(OCC(C)(C)C)c1cccc(Br)c1. The summed E-state index contributed by atoms with van der Waals surface area (Å²) in [4.78, 5) is 0. The largest absolute Gasteiger partial charge is 0.373 e. The Bertz CT molecular complexity index is 315. The van der Waals surface area contributed by atoms with Crippen LogP contribution in [0.2, 0.25) is 0 Å². The first-order valence-electron chi connectivity index (χ1n) is 5.25. The van der Waals surface area contributed by atoms with Crippen LogP contribution in [0.4, 0.5) is 0 Å². The Hall–Kier alpha value is -0.340. The van der Waals surface area contributed by atoms with Gasteiger partial charge in [-0.25, -0.2) is 0 Å². The number of rotatable bonds is 3. The van der Waals surface area contributed by atoms with Gasteiger partial charge in [0.2, 0.25) is 0 Å². The van der Waals surface area contributed by atoms with Gasteiger partial charge in [-0.2, -0.15) is 0 Å². The van der Waals surface area contributed by atoms with Crippen molar-refractivity contribution >= 4 is 15.9 Å². The number of hydrogen-bond donors (Lipinski definition) is 0. The Morgan fingerprint density at radius 3 is 2.53 bits per heavy atom. The van der Waals surface area contributed by atoms with Crippen molar-refractivity contribution in [3.05, 3.63) is 34.3 Å². The van der Waals surface area contributed by atoms with Crippen LogP contribution in [0.5, 0.6) is 0 Å². The maximum absolute atomic E-state index is 5.83. The van der Waals surface area contributed by atoms with Crippen LogP contribution < -0.4 is 0 Å². The standard InChI is InChI=1S/C13H19BrO/c1-10(15-9-13(2,3)4)11-6-5-7-12(14)8-11/h5-8,10H,9H2,1-4H3. The Morgan fingerprint density at radius 1 is 1.33 bits per heavy atom. The van der Waals surface area contributed by atoms with E-state index < -0.39 is 0 Å². The molecule has 1 rings (SSSR count). The summed E-state index contributed by atoms with van der Waals surface area (Å²) in [6.07, 6.45) is 0.154. The fourth-order valence-electron chi connectivity index (χ4n) is 1.23. The van der Waals surface area contributed by atoms with E-state index in [1.807, 2.05) is 12.1 Å². The zero-order chi connectivity index (χ0) is 11.5. The Kier molecular flexibility index (Phi) is 4.35. The molecule has 15 heavy (non-hydrogen) atoms. The molecule has 0 aliphatic rings. The lowest BCUT2D eigenvalue weighted by molar-refractivity contribution is 0.0176. The molecule has 1 aromatic carbocycles. The quantitative estimate of drug-likeness (QED) is 0.782. The second-order valence-corrected chi connectivity index (χ2v) is 5.98. The lowest BCUT2D eigenvalue weighted by Gasteiger charge is -2.22. The van der Waals surface area contributed by atoms with Crippen molar-refractivity contribution in [1.29, 1.82) is 0 Å². The third-order valence-electron chi connectivity index (χ3n) is 2.08. The van der Waals surface area contributed by atoms with E-state index in [-0.39, 0.29) is 11.5 Å². The molecule has 0 N–H and O–H groups in total. The molecule has 0 saturated heterocycles. The molecule has 1 aromatic rings. The Labute approximate surface area is 101 Å². The monoisotopic (exact) mass is 270 g/mol. The number of halogens is 1. The van der Waals surface area contributed by atoms with Gasteiger partial charge < -0.3 is 4.74 Å². The fraction of sp³-hybridized carbons (Fsp3) is 0.538. The summed E-state index contributed by atoms with van der Waals surface area (Å²) in [7, 11) is 0. The van der Waals surface area contributed by atoms with Gasteiger partial charge in [-0.05, 0) is 30.0 Å². The molecule has 2 heteroatoms. The van der Waals surface area contributed by atoms with Crippen molar-refractivity contribution in [3.63, 3.8) is 0 Å². The van der Waals surface area contributed by atoms with Crippen molar-refractivity contribution in [2.24, 2.45) is 5.41 Å². The van der Waals surface area contributed by atoms with Crippen LogP contribution in [0.3, 0.4) is 0 Å². The van der Waals surface area contributed by atoms with Gasteiger partial charge in [-0.15, -0.1) is 0 Å². The highest BCUT2D eigenvalue weighted by Crippen LogP contribution is 2.23. The lowest BCUT2D eigenvalue weighted by Crippen LogP contribution is -2.16. The first-order valence-corrected chi connectivity index (χ1v) is 6.05. The average Bonchev–Trinajstić information content (AvgIpc) is 2.13. The van der Waals surface area contributed by atoms with E-state index in [9.17, 15) is 0 Å². The van der Waals surface area contributed by atoms with Crippen LogP contribution in [0.1, 0.15) is 39.4 Å². The van der Waals surface area contributed by atoms with Crippen molar-refractivity contribution in [2.75, 3.05) is 6.61 Å². The summed E-state index contributed by atoms with van der Waals surface area (Å²) in [6.45, 7) is 9.41. The highest BCUT2D eigenvalue weighted by atomic mass is 79.9. The Balaban J connectivity index is 2.58. The molecule has 0 radical (unpaired) electrons. The average molecular weight is 271 g/mol. The minimum Gasteiger partial charge on any atom is -0.373 e. The van der Waals surface area contributed by atoms with Crippen LogP contribution in [0, 0.1) is 5.41 Å². The van der Waals surface area contributed by atoms with Crippen LogP contribution in [0.25, 0.3) is 0 Å². The van der Waals surface area contributed by atoms with Crippen molar-refractivity contribution in [3.8, 4) is 0 Å². The number of hydrogen-bond acceptors (Lipinski definition) is 1. The van der Waals surface area contributed by atoms with Gasteiger partial charge in [0.15, 0.2) is 0 Å². The molecule has 0 aliphatic heterocycles. The third kappa shape index (κ3) is 4.80. The molecule has 0 aliphatic carbocycles. The minimum absolute atomic E-state index is 0.154. The molecule has 1 unspecified atom stereocenters. The van der Waals surface area contributed by atoms with Gasteiger partial charge in [0, 0.05) is 4.47 Å². The molecule has 0 fully saturated rings. The van der Waals surface area contributed by atoms with E-state index >= 15 is 0 Å². The highest BCUT2D eigenvalue weighted by Gasteiger charge is 2.13. The first-order chi connectivity index (χ1) is 6.88. The summed E-state index contributed by atoms with van der Waals surface area (Å²) < 4.78 is 6.93. The van der Waals surface area contributed by atoms with E-state index in [2.05, 4.69) is 55.8 Å². The topological polar surface area (TPSA) is 9.23 Å². The lowest BCUT2D eigenvalue weighted by atomic mass is 9.98. The predicted octanol–water partition coefficient (Wildman–Crippen LogP) is 4.57. The van der Waals surface area contributed by atoms with Gasteiger partial charge >= 0.3 is 0 Å². The second kappa shape index (κ2) is 5.13. The molecule has 0 heterocycles. The van der Waals surface area contributed by atoms with Gasteiger partial charge in [0.25, 0.3) is 0 Å². The summed E-state index contributed by atoms with van der Waals surface area (Å²) >= 11 is 3.47. The molecule has 0 bridgehead atoms. The third-order valence-corrected chi connectivity index (χ3v) is 2.58. The van der Waals surface area contributed by atoms with E-state index in [0.29, 0.717) is 0 Å². The van der Waals surface area contributed by atoms with Crippen molar-refractivity contribution in [1.82, 2.24) is 0 Å². The maximum Gasteiger partial charge on any atom is 0.0797 e. The van der Waals surface area contributed by atoms with Gasteiger partial charge in [0.05, 0.1) is 12.7 Å². The summed E-state index contributed by atoms with van der Waals surface area (Å²) in [5.41, 5.74) is 1.44.